The van der Waals surface area contributed by atoms with Crippen molar-refractivity contribution in [3.8, 4) is 10.6 Å². The first-order valence-corrected chi connectivity index (χ1v) is 5.83. The Balaban J connectivity index is 2.46. The molecular weight excluding hydrogens is 244 g/mol. The molecule has 0 fully saturated rings. The van der Waals surface area contributed by atoms with Crippen LogP contribution in [-0.2, 0) is 0 Å². The van der Waals surface area contributed by atoms with Gasteiger partial charge in [0.1, 0.15) is 0 Å². The van der Waals surface area contributed by atoms with Gasteiger partial charge in [-0.25, -0.2) is 0 Å². The van der Waals surface area contributed by atoms with E-state index < -0.39 is 0 Å². The van der Waals surface area contributed by atoms with Gasteiger partial charge in [-0.15, -0.1) is 10.2 Å². The van der Waals surface area contributed by atoms with Crippen LogP contribution in [0.2, 0.25) is 5.02 Å². The number of anilines is 2. The Bertz CT molecular complexity index is 509. The van der Waals surface area contributed by atoms with Crippen molar-refractivity contribution in [1.82, 2.24) is 10.2 Å². The number of nitrogen functional groups attached to an aromatic ring is 1. The van der Waals surface area contributed by atoms with Gasteiger partial charge in [-0.2, -0.15) is 0 Å². The molecule has 0 radical (unpaired) electrons. The van der Waals surface area contributed by atoms with Crippen LogP contribution in [0.3, 0.4) is 0 Å². The largest absolute Gasteiger partial charge is 0.399 e. The summed E-state index contributed by atoms with van der Waals surface area (Å²) in [5, 5.41) is 10.4. The first kappa shape index (κ1) is 11.2. The first-order valence-electron chi connectivity index (χ1n) is 4.64. The van der Waals surface area contributed by atoms with Crippen molar-refractivity contribution >= 4 is 33.8 Å². The van der Waals surface area contributed by atoms with Crippen molar-refractivity contribution in [2.75, 3.05) is 24.7 Å². The standard InChI is InChI=1S/C10H11ClN4S/c1-15(2)10-14-13-9(16-10)7-5-6(12)3-4-8(7)11/h3-5H,12H2,1-2H3. The molecule has 1 aromatic heterocycles. The van der Waals surface area contributed by atoms with Crippen LogP contribution < -0.4 is 10.6 Å². The molecule has 1 aromatic carbocycles. The fraction of sp³-hybridized carbons (Fsp3) is 0.200. The Morgan fingerprint density at radius 1 is 1.31 bits per heavy atom. The summed E-state index contributed by atoms with van der Waals surface area (Å²) in [6.45, 7) is 0. The summed E-state index contributed by atoms with van der Waals surface area (Å²) in [5.74, 6) is 0. The van der Waals surface area contributed by atoms with Crippen molar-refractivity contribution in [2.24, 2.45) is 0 Å². The fourth-order valence-electron chi connectivity index (χ4n) is 1.21. The van der Waals surface area contributed by atoms with E-state index in [-0.39, 0.29) is 0 Å². The highest BCUT2D eigenvalue weighted by Gasteiger charge is 2.11. The number of benzene rings is 1. The Labute approximate surface area is 103 Å². The van der Waals surface area contributed by atoms with Crippen molar-refractivity contribution in [2.45, 2.75) is 0 Å². The normalized spacial score (nSPS) is 10.4. The van der Waals surface area contributed by atoms with E-state index in [0.29, 0.717) is 10.7 Å². The summed E-state index contributed by atoms with van der Waals surface area (Å²) < 4.78 is 0. The quantitative estimate of drug-likeness (QED) is 0.837. The third kappa shape index (κ3) is 2.10. The van der Waals surface area contributed by atoms with Crippen molar-refractivity contribution < 1.29 is 0 Å². The molecule has 2 rings (SSSR count). The lowest BCUT2D eigenvalue weighted by Gasteiger charge is -2.04. The minimum absolute atomic E-state index is 0.635. The molecule has 0 bridgehead atoms. The van der Waals surface area contributed by atoms with E-state index >= 15 is 0 Å². The van der Waals surface area contributed by atoms with Crippen molar-refractivity contribution in [1.29, 1.82) is 0 Å². The Kier molecular flexibility index (Phi) is 2.98. The summed E-state index contributed by atoms with van der Waals surface area (Å²) in [6, 6.07) is 5.34. The predicted molar refractivity (Wildman–Crippen MR) is 69.1 cm³/mol. The van der Waals surface area contributed by atoms with Gasteiger partial charge in [0.15, 0.2) is 5.01 Å². The second kappa shape index (κ2) is 4.27. The van der Waals surface area contributed by atoms with Gasteiger partial charge in [-0.3, -0.25) is 0 Å². The summed E-state index contributed by atoms with van der Waals surface area (Å²) in [6.07, 6.45) is 0. The van der Waals surface area contributed by atoms with Gasteiger partial charge in [0.05, 0.1) is 5.02 Å². The molecule has 0 aliphatic rings. The maximum atomic E-state index is 6.09. The maximum Gasteiger partial charge on any atom is 0.208 e. The molecule has 6 heteroatoms. The van der Waals surface area contributed by atoms with E-state index in [0.717, 1.165) is 15.7 Å². The lowest BCUT2D eigenvalue weighted by molar-refractivity contribution is 1.02. The minimum atomic E-state index is 0.635. The number of aromatic nitrogens is 2. The Morgan fingerprint density at radius 2 is 2.06 bits per heavy atom. The molecule has 0 aliphatic carbocycles. The molecule has 84 valence electrons. The fourth-order valence-corrected chi connectivity index (χ4v) is 2.27. The Morgan fingerprint density at radius 3 is 2.69 bits per heavy atom. The molecule has 0 saturated carbocycles. The van der Waals surface area contributed by atoms with Gasteiger partial charge in [0.2, 0.25) is 5.13 Å². The van der Waals surface area contributed by atoms with Gasteiger partial charge < -0.3 is 10.6 Å². The molecular formula is C10H11ClN4S. The van der Waals surface area contributed by atoms with Crippen molar-refractivity contribution in [3.63, 3.8) is 0 Å². The number of nitrogens with two attached hydrogens (primary N) is 1. The highest BCUT2D eigenvalue weighted by atomic mass is 35.5. The maximum absolute atomic E-state index is 6.09. The van der Waals surface area contributed by atoms with Gasteiger partial charge >= 0.3 is 0 Å². The molecule has 0 aliphatic heterocycles. The highest BCUT2D eigenvalue weighted by Crippen LogP contribution is 2.33. The molecule has 2 N–H and O–H groups in total. The van der Waals surface area contributed by atoms with Crippen LogP contribution in [0.15, 0.2) is 18.2 Å². The first-order chi connectivity index (χ1) is 7.58. The van der Waals surface area contributed by atoms with Gasteiger partial charge in [-0.1, -0.05) is 22.9 Å². The summed E-state index contributed by atoms with van der Waals surface area (Å²) in [7, 11) is 3.84. The van der Waals surface area contributed by atoms with Crippen LogP contribution in [-0.4, -0.2) is 24.3 Å². The zero-order valence-electron chi connectivity index (χ0n) is 8.94. The zero-order chi connectivity index (χ0) is 11.7. The van der Waals surface area contributed by atoms with Crippen LogP contribution in [0.4, 0.5) is 10.8 Å². The summed E-state index contributed by atoms with van der Waals surface area (Å²) >= 11 is 7.57. The SMILES string of the molecule is CN(C)c1nnc(-c2cc(N)ccc2Cl)s1. The van der Waals surface area contributed by atoms with Gasteiger partial charge in [0, 0.05) is 25.3 Å². The molecule has 16 heavy (non-hydrogen) atoms. The molecule has 0 unspecified atom stereocenters. The molecule has 2 aromatic rings. The lowest BCUT2D eigenvalue weighted by atomic mass is 10.2. The van der Waals surface area contributed by atoms with E-state index in [4.69, 9.17) is 17.3 Å². The van der Waals surface area contributed by atoms with E-state index in [1.54, 1.807) is 12.1 Å². The van der Waals surface area contributed by atoms with Gasteiger partial charge in [0.25, 0.3) is 0 Å². The van der Waals surface area contributed by atoms with Gasteiger partial charge in [-0.05, 0) is 18.2 Å². The number of hydrogen-bond acceptors (Lipinski definition) is 5. The second-order valence-electron chi connectivity index (χ2n) is 3.52. The number of rotatable bonds is 2. The topological polar surface area (TPSA) is 55.0 Å². The third-order valence-corrected chi connectivity index (χ3v) is 3.47. The van der Waals surface area contributed by atoms with E-state index in [9.17, 15) is 0 Å². The molecule has 1 heterocycles. The minimum Gasteiger partial charge on any atom is -0.399 e. The van der Waals surface area contributed by atoms with Crippen LogP contribution in [0.5, 0.6) is 0 Å². The molecule has 4 nitrogen and oxygen atoms in total. The molecule has 0 saturated heterocycles. The van der Waals surface area contributed by atoms with Crippen LogP contribution in [0, 0.1) is 0 Å². The highest BCUT2D eigenvalue weighted by molar-refractivity contribution is 7.18. The summed E-state index contributed by atoms with van der Waals surface area (Å²) in [5.41, 5.74) is 7.21. The Hall–Kier alpha value is -1.33. The lowest BCUT2D eigenvalue weighted by Crippen LogP contribution is -2.07. The number of hydrogen-bond donors (Lipinski definition) is 1. The average molecular weight is 255 g/mol. The molecule has 0 spiro atoms. The number of halogens is 1. The van der Waals surface area contributed by atoms with Crippen LogP contribution in [0.1, 0.15) is 0 Å². The zero-order valence-corrected chi connectivity index (χ0v) is 10.5. The van der Waals surface area contributed by atoms with E-state index in [1.807, 2.05) is 25.1 Å². The molecule has 0 atom stereocenters. The monoisotopic (exact) mass is 254 g/mol. The third-order valence-electron chi connectivity index (χ3n) is 2.02. The van der Waals surface area contributed by atoms with Crippen LogP contribution >= 0.6 is 22.9 Å². The summed E-state index contributed by atoms with van der Waals surface area (Å²) in [4.78, 5) is 1.90. The average Bonchev–Trinajstić information content (AvgIpc) is 2.70. The van der Waals surface area contributed by atoms with Crippen molar-refractivity contribution in [3.05, 3.63) is 23.2 Å². The molecule has 0 amide bonds. The van der Waals surface area contributed by atoms with E-state index in [2.05, 4.69) is 10.2 Å². The van der Waals surface area contributed by atoms with E-state index in [1.165, 1.54) is 11.3 Å². The predicted octanol–water partition coefficient (Wildman–Crippen LogP) is 2.51. The second-order valence-corrected chi connectivity index (χ2v) is 4.89. The number of nitrogens with zero attached hydrogens (tertiary/aromatic N) is 3. The van der Waals surface area contributed by atoms with Crippen LogP contribution in [0.25, 0.3) is 10.6 Å². The smallest absolute Gasteiger partial charge is 0.208 e.